The van der Waals surface area contributed by atoms with Gasteiger partial charge in [-0.15, -0.1) is 0 Å². The number of furan rings is 6. The molecule has 0 aliphatic heterocycles. The Bertz CT molecular complexity index is 6630. The summed E-state index contributed by atoms with van der Waals surface area (Å²) < 4.78 is 51.7. The summed E-state index contributed by atoms with van der Waals surface area (Å²) in [4.78, 5) is 24.0. The van der Waals surface area contributed by atoms with Crippen molar-refractivity contribution in [2.75, 3.05) is 88.7 Å². The molecule has 17 nitrogen and oxygen atoms in total. The summed E-state index contributed by atoms with van der Waals surface area (Å²) in [7, 11) is 14.2. The van der Waals surface area contributed by atoms with Gasteiger partial charge in [-0.2, -0.15) is 5.26 Å². The zero-order chi connectivity index (χ0) is 91.2. The Morgan fingerprint density at radius 3 is 0.969 bits per heavy atom. The van der Waals surface area contributed by atoms with Gasteiger partial charge in [0.1, 0.15) is 45.1 Å². The van der Waals surface area contributed by atoms with Crippen LogP contribution in [0.1, 0.15) is 79.2 Å². The molecule has 17 aromatic rings. The number of nitro groups is 1. The average molecular weight is 1730 g/mol. The fraction of sp³-hybridized carbons (Fsp3) is 0.188. The molecular formula is C112H113FN8O9. The number of methoxy groups -OCH3 is 1. The molecule has 0 saturated heterocycles. The number of halogens is 1. The van der Waals surface area contributed by atoms with E-state index in [2.05, 4.69) is 193 Å². The molecule has 0 saturated carbocycles. The van der Waals surface area contributed by atoms with Gasteiger partial charge in [-0.1, -0.05) is 260 Å². The van der Waals surface area contributed by atoms with Crippen LogP contribution in [0.2, 0.25) is 0 Å². The first-order valence-electron chi connectivity index (χ1n) is 43.4. The topological polar surface area (TPSA) is 174 Å². The SMILES string of the molecule is C/C=C/CN(C)Cc1coc2ccccc12.CN(C/C=C/c1ccc(C#N)cc1)Cc1coc2ccccc12.CN(C/C=C/c1cccc(F)c1)Cc1coc2ccccc12.CN(C/C=C/c1ccccc1[N+](=O)[O-])Cc1coc2ccccc12.COc1cccc(/C=C/CN(C)Cc2coc3ccccc23)c1.Cc1ccc(/C=C/CN(C)Cc2coc3ccccc23)cc1. The summed E-state index contributed by atoms with van der Waals surface area (Å²) in [6.45, 7) is 14.3. The highest BCUT2D eigenvalue weighted by atomic mass is 19.1. The fourth-order valence-electron chi connectivity index (χ4n) is 14.7. The first-order valence-corrected chi connectivity index (χ1v) is 43.4. The van der Waals surface area contributed by atoms with Crippen LogP contribution < -0.4 is 4.74 Å². The highest BCUT2D eigenvalue weighted by Gasteiger charge is 2.15. The molecule has 0 unspecified atom stereocenters. The van der Waals surface area contributed by atoms with Crippen molar-refractivity contribution in [1.29, 1.82) is 5.26 Å². The van der Waals surface area contributed by atoms with Crippen LogP contribution in [0.25, 0.3) is 96.2 Å². The van der Waals surface area contributed by atoms with Crippen LogP contribution in [-0.2, 0) is 39.3 Å². The van der Waals surface area contributed by atoms with E-state index in [0.717, 1.165) is 144 Å². The molecule has 0 atom stereocenters. The maximum Gasteiger partial charge on any atom is 0.276 e. The molecule has 17 rings (SSSR count). The lowest BCUT2D eigenvalue weighted by Crippen LogP contribution is -2.17. The van der Waals surface area contributed by atoms with Crippen molar-refractivity contribution in [2.45, 2.75) is 53.1 Å². The maximum atomic E-state index is 13.1. The molecule has 0 aliphatic rings. The summed E-state index contributed by atoms with van der Waals surface area (Å²) in [5, 5.41) is 26.9. The summed E-state index contributed by atoms with van der Waals surface area (Å²) in [6.07, 6.45) is 35.8. The lowest BCUT2D eigenvalue weighted by molar-refractivity contribution is -0.385. The second-order valence-corrected chi connectivity index (χ2v) is 32.1. The Balaban J connectivity index is 0.000000142. The number of nitro benzene ring substituents is 1. The molecule has 662 valence electrons. The molecule has 0 amide bonds. The van der Waals surface area contributed by atoms with Crippen LogP contribution in [0, 0.1) is 34.2 Å². The van der Waals surface area contributed by atoms with Crippen LogP contribution >= 0.6 is 0 Å². The molecule has 6 aromatic heterocycles. The van der Waals surface area contributed by atoms with E-state index >= 15 is 0 Å². The van der Waals surface area contributed by atoms with Crippen LogP contribution in [0.5, 0.6) is 5.75 Å². The molecule has 6 heterocycles. The molecule has 0 bridgehead atoms. The molecule has 0 spiro atoms. The van der Waals surface area contributed by atoms with Crippen LogP contribution in [0.15, 0.2) is 374 Å². The van der Waals surface area contributed by atoms with Gasteiger partial charge in [-0.05, 0) is 157 Å². The number of allylic oxidation sites excluding steroid dienone is 1. The molecule has 0 aliphatic carbocycles. The molecular weight excluding hydrogens is 1620 g/mol. The predicted molar refractivity (Wildman–Crippen MR) is 530 cm³/mol. The van der Waals surface area contributed by atoms with E-state index in [1.54, 1.807) is 43.7 Å². The van der Waals surface area contributed by atoms with Crippen LogP contribution in [-0.4, -0.2) is 123 Å². The number of rotatable bonds is 31. The molecule has 130 heavy (non-hydrogen) atoms. The van der Waals surface area contributed by atoms with Crippen molar-refractivity contribution in [1.82, 2.24) is 29.4 Å². The first-order chi connectivity index (χ1) is 63.4. The molecule has 0 N–H and O–H groups in total. The summed E-state index contributed by atoms with van der Waals surface area (Å²) in [5.74, 6) is 0.672. The van der Waals surface area contributed by atoms with Gasteiger partial charge in [0.2, 0.25) is 0 Å². The summed E-state index contributed by atoms with van der Waals surface area (Å²) in [5.41, 5.74) is 19.9. The number of nitrogens with zero attached hydrogens (tertiary/aromatic N) is 8. The lowest BCUT2D eigenvalue weighted by atomic mass is 10.1. The fourth-order valence-corrected chi connectivity index (χ4v) is 14.7. The average Bonchev–Trinajstić information content (AvgIpc) is 1.71. The normalized spacial score (nSPS) is 11.7. The van der Waals surface area contributed by atoms with Crippen molar-refractivity contribution in [3.63, 3.8) is 0 Å². The van der Waals surface area contributed by atoms with Crippen LogP contribution in [0.3, 0.4) is 0 Å². The van der Waals surface area contributed by atoms with E-state index in [1.165, 1.54) is 78.7 Å². The summed E-state index contributed by atoms with van der Waals surface area (Å²) >= 11 is 0. The van der Waals surface area contributed by atoms with Gasteiger partial charge in [0.15, 0.2) is 0 Å². The number of hydrogen-bond acceptors (Lipinski definition) is 16. The van der Waals surface area contributed by atoms with Gasteiger partial charge in [-0.25, -0.2) is 4.39 Å². The van der Waals surface area contributed by atoms with Gasteiger partial charge in [0.05, 0.1) is 66.8 Å². The van der Waals surface area contributed by atoms with Gasteiger partial charge in [0.25, 0.3) is 5.69 Å². The third kappa shape index (κ3) is 29.0. The molecule has 18 heteroatoms. The Morgan fingerprint density at radius 1 is 0.354 bits per heavy atom. The molecule has 0 fully saturated rings. The minimum absolute atomic E-state index is 0.122. The Kier molecular flexibility index (Phi) is 36.1. The minimum Gasteiger partial charge on any atom is -0.497 e. The van der Waals surface area contributed by atoms with E-state index < -0.39 is 0 Å². The smallest absolute Gasteiger partial charge is 0.276 e. The number of hydrogen-bond donors (Lipinski definition) is 0. The third-order valence-electron chi connectivity index (χ3n) is 21.5. The Hall–Kier alpha value is -14.5. The summed E-state index contributed by atoms with van der Waals surface area (Å²) in [6, 6.07) is 88.2. The second kappa shape index (κ2) is 49.6. The van der Waals surface area contributed by atoms with Gasteiger partial charge in [-0.3, -0.25) is 39.5 Å². The third-order valence-corrected chi connectivity index (χ3v) is 21.5. The van der Waals surface area contributed by atoms with E-state index in [1.807, 2.05) is 221 Å². The number of nitriles is 1. The lowest BCUT2D eigenvalue weighted by Gasteiger charge is -2.13. The zero-order valence-electron chi connectivity index (χ0n) is 75.4. The number of para-hydroxylation sites is 7. The van der Waals surface area contributed by atoms with Gasteiger partial charge < -0.3 is 31.2 Å². The number of ether oxygens (including phenoxy) is 1. The van der Waals surface area contributed by atoms with Crippen LogP contribution in [0.4, 0.5) is 10.1 Å². The van der Waals surface area contributed by atoms with Crippen molar-refractivity contribution in [2.24, 2.45) is 0 Å². The second-order valence-electron chi connectivity index (χ2n) is 32.1. The first kappa shape index (κ1) is 94.6. The monoisotopic (exact) mass is 1730 g/mol. The van der Waals surface area contributed by atoms with Crippen molar-refractivity contribution in [3.8, 4) is 11.8 Å². The van der Waals surface area contributed by atoms with Crippen molar-refractivity contribution in [3.05, 3.63) is 435 Å². The van der Waals surface area contributed by atoms with Crippen molar-refractivity contribution < 1.29 is 40.6 Å². The van der Waals surface area contributed by atoms with Crippen molar-refractivity contribution >= 4 is 102 Å². The van der Waals surface area contributed by atoms with E-state index in [9.17, 15) is 14.5 Å². The Labute approximate surface area is 761 Å². The van der Waals surface area contributed by atoms with Gasteiger partial charge >= 0.3 is 0 Å². The van der Waals surface area contributed by atoms with E-state index in [4.69, 9.17) is 36.5 Å². The zero-order valence-corrected chi connectivity index (χ0v) is 75.4. The molecule has 0 radical (unpaired) electrons. The minimum atomic E-state index is -0.360. The Morgan fingerprint density at radius 2 is 0.646 bits per heavy atom. The number of likely N-dealkylation sites (N-methyl/N-ethyl adjacent to an activating group) is 6. The number of aryl methyl sites for hydroxylation is 1. The van der Waals surface area contributed by atoms with E-state index in [-0.39, 0.29) is 16.4 Å². The van der Waals surface area contributed by atoms with Gasteiger partial charge in [0, 0.05) is 150 Å². The highest BCUT2D eigenvalue weighted by Crippen LogP contribution is 2.29. The van der Waals surface area contributed by atoms with E-state index in [0.29, 0.717) is 17.7 Å². The number of fused-ring (bicyclic) bond motifs is 6. The largest absolute Gasteiger partial charge is 0.497 e. The predicted octanol–water partition coefficient (Wildman–Crippen LogP) is 26.6. The molecule has 11 aromatic carbocycles. The standard InChI is InChI=1S/C20H18N2O.C20H21NO2.C20H21NO.C19H18FNO.C19H18N2O3.C14H17NO/c1-22(12-4-5-16-8-10-17(13-21)11-9-16)14-18-15-23-20-7-3-2-6-19(18)20;1-21(12-6-8-16-7-5-9-18(13-16)22-2)14-17-15-23-20-11-4-3-10-19(17)20;1-16-9-11-17(12-10-16)6-5-13-21(2)14-18-15-22-20-8-4-3-7-19(18)20;1-21(11-5-7-15-6-4-8-17(20)12-15)13-16-14-22-19-10-3-2-9-18(16)19;1-20(13-16-14-24-19-11-5-3-9-17(16)19)12-6-8-15-7-2-4-10-18(15)21(22)23;1-3-4-9-15(2)10-12-11-16-14-8-6-5-7-13(12)14/h2-11,15H,12,14H2,1H3;3-11,13,15H,12,14H2,1-2H3;3-12,15H,13-14H2,1-2H3;2-10,12,14H,11,13H2,1H3;2-11,14H,12-13H2,1H3;3-8,11H,9-10H2,1-2H3/b5-4+;8-6+;6-5+;7-5+;8-6+;4-3+. The highest BCUT2D eigenvalue weighted by molar-refractivity contribution is 5.85. The maximum absolute atomic E-state index is 13.1. The quantitative estimate of drug-likeness (QED) is 0.0228. The number of benzene rings is 11.